The van der Waals surface area contributed by atoms with Crippen LogP contribution in [-0.2, 0) is 11.2 Å². The maximum atomic E-state index is 13.0. The first-order valence-electron chi connectivity index (χ1n) is 9.36. The van der Waals surface area contributed by atoms with Crippen molar-refractivity contribution in [1.82, 2.24) is 9.88 Å². The van der Waals surface area contributed by atoms with E-state index in [0.717, 1.165) is 42.9 Å². The molecule has 1 aliphatic carbocycles. The number of piperidine rings is 1. The average molecular weight is 387 g/mol. The summed E-state index contributed by atoms with van der Waals surface area (Å²) in [5.41, 5.74) is 1.19. The van der Waals surface area contributed by atoms with Gasteiger partial charge >= 0.3 is 0 Å². The zero-order chi connectivity index (χ0) is 19.0. The molecule has 2 aliphatic rings. The number of rotatable bonds is 3. The monoisotopic (exact) mass is 387 g/mol. The molecule has 5 nitrogen and oxygen atoms in total. The second-order valence-electron chi connectivity index (χ2n) is 7.41. The summed E-state index contributed by atoms with van der Waals surface area (Å²) in [7, 11) is 0. The molecule has 2 amide bonds. The van der Waals surface area contributed by atoms with Gasteiger partial charge in [-0.05, 0) is 55.9 Å². The van der Waals surface area contributed by atoms with Crippen molar-refractivity contribution >= 4 is 28.3 Å². The number of benzene rings is 1. The molecule has 0 saturated carbocycles. The molecule has 0 bridgehead atoms. The van der Waals surface area contributed by atoms with Crippen molar-refractivity contribution in [3.8, 4) is 0 Å². The summed E-state index contributed by atoms with van der Waals surface area (Å²) < 4.78 is 13.0. The van der Waals surface area contributed by atoms with Gasteiger partial charge in [-0.2, -0.15) is 0 Å². The molecule has 0 radical (unpaired) electrons. The molecule has 1 saturated heterocycles. The molecule has 0 spiro atoms. The van der Waals surface area contributed by atoms with E-state index >= 15 is 0 Å². The van der Waals surface area contributed by atoms with Gasteiger partial charge in [0.2, 0.25) is 5.91 Å². The third-order valence-corrected chi connectivity index (χ3v) is 6.36. The number of nitrogens with zero attached hydrogens (tertiary/aromatic N) is 2. The Morgan fingerprint density at radius 2 is 2.04 bits per heavy atom. The molecule has 2 aromatic rings. The molecular formula is C20H22FN3O2S. The predicted molar refractivity (Wildman–Crippen MR) is 103 cm³/mol. The van der Waals surface area contributed by atoms with Gasteiger partial charge in [0.1, 0.15) is 5.82 Å². The normalized spacial score (nSPS) is 21.8. The van der Waals surface area contributed by atoms with Crippen LogP contribution in [0.25, 0.3) is 0 Å². The zero-order valence-electron chi connectivity index (χ0n) is 15.2. The van der Waals surface area contributed by atoms with Crippen LogP contribution in [-0.4, -0.2) is 34.8 Å². The Labute approximate surface area is 161 Å². The van der Waals surface area contributed by atoms with E-state index in [9.17, 15) is 14.0 Å². The number of aryl methyl sites for hydroxylation is 1. The van der Waals surface area contributed by atoms with Crippen molar-refractivity contribution in [2.45, 2.75) is 38.5 Å². The summed E-state index contributed by atoms with van der Waals surface area (Å²) in [5, 5.41) is 3.27. The minimum Gasteiger partial charge on any atom is -0.342 e. The van der Waals surface area contributed by atoms with Crippen LogP contribution >= 0.6 is 11.3 Å². The predicted octanol–water partition coefficient (Wildman–Crippen LogP) is 3.82. The lowest BCUT2D eigenvalue weighted by Gasteiger charge is -2.32. The number of carbonyl (C=O) groups is 2. The number of likely N-dealkylation sites (tertiary alicyclic amines) is 1. The first-order valence-corrected chi connectivity index (χ1v) is 10.2. The topological polar surface area (TPSA) is 62.3 Å². The largest absolute Gasteiger partial charge is 0.342 e. The van der Waals surface area contributed by atoms with E-state index in [1.165, 1.54) is 42.0 Å². The summed E-state index contributed by atoms with van der Waals surface area (Å²) in [6.45, 7) is 3.84. The van der Waals surface area contributed by atoms with Crippen LogP contribution in [0.1, 0.15) is 53.0 Å². The van der Waals surface area contributed by atoms with E-state index in [0.29, 0.717) is 16.6 Å². The summed E-state index contributed by atoms with van der Waals surface area (Å²) in [4.78, 5) is 32.9. The van der Waals surface area contributed by atoms with Crippen molar-refractivity contribution in [1.29, 1.82) is 0 Å². The smallest absolute Gasteiger partial charge is 0.257 e. The molecule has 1 fully saturated rings. The molecule has 142 valence electrons. The molecule has 4 rings (SSSR count). The second kappa shape index (κ2) is 7.38. The minimum absolute atomic E-state index is 0.169. The van der Waals surface area contributed by atoms with E-state index in [2.05, 4.69) is 17.2 Å². The van der Waals surface area contributed by atoms with Crippen LogP contribution in [0.4, 0.5) is 9.52 Å². The average Bonchev–Trinajstić information content (AvgIpc) is 3.21. The number of anilines is 1. The molecular weight excluding hydrogens is 365 g/mol. The minimum atomic E-state index is -0.381. The lowest BCUT2D eigenvalue weighted by molar-refractivity contribution is -0.134. The van der Waals surface area contributed by atoms with Crippen LogP contribution in [0.5, 0.6) is 0 Å². The fraction of sp³-hybridized carbons (Fsp3) is 0.450. The third-order valence-electron chi connectivity index (χ3n) is 5.31. The van der Waals surface area contributed by atoms with E-state index in [1.54, 1.807) is 0 Å². The number of hydrogen-bond acceptors (Lipinski definition) is 4. The Morgan fingerprint density at radius 3 is 2.78 bits per heavy atom. The zero-order valence-corrected chi connectivity index (χ0v) is 16.0. The number of halogens is 1. The second-order valence-corrected chi connectivity index (χ2v) is 8.49. The molecule has 1 aliphatic heterocycles. The molecule has 27 heavy (non-hydrogen) atoms. The Kier molecular flexibility index (Phi) is 4.95. The maximum absolute atomic E-state index is 13.0. The Morgan fingerprint density at radius 1 is 1.26 bits per heavy atom. The van der Waals surface area contributed by atoms with Gasteiger partial charge in [-0.25, -0.2) is 9.37 Å². The van der Waals surface area contributed by atoms with Gasteiger partial charge < -0.3 is 4.90 Å². The van der Waals surface area contributed by atoms with Crippen LogP contribution in [0.3, 0.4) is 0 Å². The van der Waals surface area contributed by atoms with E-state index in [4.69, 9.17) is 0 Å². The number of aromatic nitrogens is 1. The summed E-state index contributed by atoms with van der Waals surface area (Å²) in [6, 6.07) is 5.39. The van der Waals surface area contributed by atoms with Crippen molar-refractivity contribution in [3.63, 3.8) is 0 Å². The van der Waals surface area contributed by atoms with Crippen molar-refractivity contribution in [2.24, 2.45) is 5.92 Å². The van der Waals surface area contributed by atoms with Crippen molar-refractivity contribution < 1.29 is 14.0 Å². The maximum Gasteiger partial charge on any atom is 0.257 e. The first-order chi connectivity index (χ1) is 13.0. The van der Waals surface area contributed by atoms with Gasteiger partial charge in [0, 0.05) is 23.5 Å². The highest BCUT2D eigenvalue weighted by Gasteiger charge is 2.36. The van der Waals surface area contributed by atoms with E-state index in [-0.39, 0.29) is 23.5 Å². The number of amides is 2. The summed E-state index contributed by atoms with van der Waals surface area (Å²) in [5.74, 6) is -0.187. The van der Waals surface area contributed by atoms with Crippen LogP contribution < -0.4 is 5.32 Å². The highest BCUT2D eigenvalue weighted by Crippen LogP contribution is 2.39. The number of nitrogens with one attached hydrogen (secondary N) is 1. The molecule has 2 atom stereocenters. The highest BCUT2D eigenvalue weighted by atomic mass is 32.1. The van der Waals surface area contributed by atoms with Crippen molar-refractivity contribution in [3.05, 3.63) is 46.2 Å². The lowest BCUT2D eigenvalue weighted by Crippen LogP contribution is -2.41. The molecule has 1 aromatic carbocycles. The fourth-order valence-corrected chi connectivity index (χ4v) is 4.93. The Hall–Kier alpha value is -2.28. The molecule has 7 heteroatoms. The number of thiazole rings is 1. The van der Waals surface area contributed by atoms with Gasteiger partial charge in [0.25, 0.3) is 5.91 Å². The standard InChI is InChI=1S/C20H22FN3O2S/c1-12-3-2-10-24(11-12)19(26)15-8-9-16-17(15)22-20(27-16)23-18(25)13-4-6-14(21)7-5-13/h4-7,12,15H,2-3,8-11H2,1H3,(H,22,23,25). The van der Waals surface area contributed by atoms with Crippen LogP contribution in [0, 0.1) is 11.7 Å². The molecule has 1 N–H and O–H groups in total. The Balaban J connectivity index is 1.47. The summed E-state index contributed by atoms with van der Waals surface area (Å²) in [6.07, 6.45) is 3.85. The number of fused-ring (bicyclic) bond motifs is 1. The van der Waals surface area contributed by atoms with Gasteiger partial charge in [-0.3, -0.25) is 14.9 Å². The SMILES string of the molecule is CC1CCCN(C(=O)C2CCc3sc(NC(=O)c4ccc(F)cc4)nc32)C1. The van der Waals surface area contributed by atoms with E-state index < -0.39 is 0 Å². The Bertz CT molecular complexity index is 865. The highest BCUT2D eigenvalue weighted by molar-refractivity contribution is 7.16. The van der Waals surface area contributed by atoms with Gasteiger partial charge in [-0.15, -0.1) is 11.3 Å². The van der Waals surface area contributed by atoms with Crippen molar-refractivity contribution in [2.75, 3.05) is 18.4 Å². The van der Waals surface area contributed by atoms with Gasteiger partial charge in [0.15, 0.2) is 5.13 Å². The molecule has 2 heterocycles. The first kappa shape index (κ1) is 18.1. The number of carbonyl (C=O) groups excluding carboxylic acids is 2. The van der Waals surface area contributed by atoms with Gasteiger partial charge in [-0.1, -0.05) is 6.92 Å². The quantitative estimate of drug-likeness (QED) is 0.871. The molecule has 1 aromatic heterocycles. The van der Waals surface area contributed by atoms with Crippen LogP contribution in [0.2, 0.25) is 0 Å². The number of hydrogen-bond donors (Lipinski definition) is 1. The van der Waals surface area contributed by atoms with Gasteiger partial charge in [0.05, 0.1) is 11.6 Å². The van der Waals surface area contributed by atoms with Crippen LogP contribution in [0.15, 0.2) is 24.3 Å². The fourth-order valence-electron chi connectivity index (χ4n) is 3.90. The third kappa shape index (κ3) is 3.74. The lowest BCUT2D eigenvalue weighted by atomic mass is 9.97. The molecule has 2 unspecified atom stereocenters. The van der Waals surface area contributed by atoms with E-state index in [1.807, 2.05) is 4.90 Å². The summed E-state index contributed by atoms with van der Waals surface area (Å²) >= 11 is 1.43.